The molecular formula is C12H24N2O4. The van der Waals surface area contributed by atoms with E-state index in [4.69, 9.17) is 10.2 Å². The summed E-state index contributed by atoms with van der Waals surface area (Å²) in [6.07, 6.45) is 2.68. The fourth-order valence-corrected chi connectivity index (χ4v) is 1.36. The van der Waals surface area contributed by atoms with Gasteiger partial charge in [0.25, 0.3) is 0 Å². The molecule has 0 aliphatic carbocycles. The summed E-state index contributed by atoms with van der Waals surface area (Å²) < 4.78 is 0. The maximum atomic E-state index is 11.8. The van der Waals surface area contributed by atoms with Crippen LogP contribution in [-0.4, -0.2) is 52.9 Å². The van der Waals surface area contributed by atoms with E-state index in [1.807, 2.05) is 0 Å². The van der Waals surface area contributed by atoms with Crippen molar-refractivity contribution in [3.8, 4) is 0 Å². The van der Waals surface area contributed by atoms with Crippen LogP contribution < -0.4 is 5.32 Å². The number of carboxylic acids is 1. The van der Waals surface area contributed by atoms with Gasteiger partial charge in [-0.05, 0) is 32.6 Å². The van der Waals surface area contributed by atoms with Gasteiger partial charge in [-0.1, -0.05) is 6.92 Å². The molecule has 0 saturated heterocycles. The van der Waals surface area contributed by atoms with E-state index in [0.29, 0.717) is 13.0 Å². The fraction of sp³-hybridized carbons (Fsp3) is 0.833. The Labute approximate surface area is 108 Å². The zero-order valence-corrected chi connectivity index (χ0v) is 11.4. The van der Waals surface area contributed by atoms with E-state index < -0.39 is 11.5 Å². The first-order chi connectivity index (χ1) is 8.37. The second-order valence-electron chi connectivity index (χ2n) is 4.63. The second-order valence-corrected chi connectivity index (χ2v) is 4.63. The third kappa shape index (κ3) is 5.35. The minimum absolute atomic E-state index is 0.156. The lowest BCUT2D eigenvalue weighted by atomic mass is 10.00. The van der Waals surface area contributed by atoms with Crippen LogP contribution >= 0.6 is 0 Å². The van der Waals surface area contributed by atoms with Crippen molar-refractivity contribution in [2.45, 2.75) is 45.1 Å². The van der Waals surface area contributed by atoms with Crippen LogP contribution in [0.25, 0.3) is 0 Å². The van der Waals surface area contributed by atoms with Crippen molar-refractivity contribution in [2.24, 2.45) is 0 Å². The summed E-state index contributed by atoms with van der Waals surface area (Å²) in [5, 5.41) is 20.2. The third-order valence-electron chi connectivity index (χ3n) is 3.06. The van der Waals surface area contributed by atoms with Gasteiger partial charge in [0.1, 0.15) is 5.54 Å². The highest BCUT2D eigenvalue weighted by atomic mass is 16.4. The Morgan fingerprint density at radius 3 is 2.33 bits per heavy atom. The lowest BCUT2D eigenvalue weighted by Gasteiger charge is -2.28. The zero-order chi connectivity index (χ0) is 14.2. The van der Waals surface area contributed by atoms with Crippen LogP contribution in [0.4, 0.5) is 4.79 Å². The predicted molar refractivity (Wildman–Crippen MR) is 68.4 cm³/mol. The largest absolute Gasteiger partial charge is 0.480 e. The maximum absolute atomic E-state index is 11.8. The Morgan fingerprint density at radius 1 is 1.28 bits per heavy atom. The Bertz CT molecular complexity index is 283. The van der Waals surface area contributed by atoms with Crippen LogP contribution in [0.5, 0.6) is 0 Å². The number of nitrogens with zero attached hydrogens (tertiary/aromatic N) is 1. The maximum Gasteiger partial charge on any atom is 0.329 e. The molecule has 0 aliphatic heterocycles. The number of aliphatic carboxylic acids is 1. The number of urea groups is 1. The molecule has 0 aliphatic rings. The standard InChI is InChI=1S/C12H24N2O4/c1-4-12(2,10(16)17)13-11(18)14(3)8-6-5-7-9-15/h15H,4-9H2,1-3H3,(H,13,18)(H,16,17). The Hall–Kier alpha value is -1.30. The van der Waals surface area contributed by atoms with Gasteiger partial charge >= 0.3 is 12.0 Å². The van der Waals surface area contributed by atoms with E-state index in [1.165, 1.54) is 11.8 Å². The van der Waals surface area contributed by atoms with Crippen LogP contribution in [0.2, 0.25) is 0 Å². The van der Waals surface area contributed by atoms with E-state index in [-0.39, 0.29) is 12.6 Å². The zero-order valence-electron chi connectivity index (χ0n) is 11.4. The number of aliphatic hydroxyl groups excluding tert-OH is 1. The van der Waals surface area contributed by atoms with Crippen molar-refractivity contribution >= 4 is 12.0 Å². The second kappa shape index (κ2) is 7.92. The highest BCUT2D eigenvalue weighted by Gasteiger charge is 2.33. The topological polar surface area (TPSA) is 89.9 Å². The van der Waals surface area contributed by atoms with Crippen molar-refractivity contribution in [3.05, 3.63) is 0 Å². The number of carboxylic acid groups (broad SMARTS) is 1. The molecule has 0 bridgehead atoms. The molecule has 0 aromatic carbocycles. The Morgan fingerprint density at radius 2 is 1.89 bits per heavy atom. The lowest BCUT2D eigenvalue weighted by molar-refractivity contribution is -0.143. The van der Waals surface area contributed by atoms with Gasteiger partial charge < -0.3 is 20.4 Å². The fourth-order valence-electron chi connectivity index (χ4n) is 1.36. The summed E-state index contributed by atoms with van der Waals surface area (Å²) in [5.41, 5.74) is -1.23. The molecule has 0 saturated carbocycles. The Balaban J connectivity index is 4.18. The van der Waals surface area contributed by atoms with Crippen LogP contribution in [0, 0.1) is 0 Å². The van der Waals surface area contributed by atoms with E-state index in [2.05, 4.69) is 5.32 Å². The van der Waals surface area contributed by atoms with Crippen LogP contribution in [-0.2, 0) is 4.79 Å². The van der Waals surface area contributed by atoms with E-state index >= 15 is 0 Å². The Kier molecular flexibility index (Phi) is 7.35. The van der Waals surface area contributed by atoms with E-state index in [1.54, 1.807) is 14.0 Å². The molecule has 106 valence electrons. The van der Waals surface area contributed by atoms with Gasteiger partial charge in [-0.2, -0.15) is 0 Å². The summed E-state index contributed by atoms with van der Waals surface area (Å²) >= 11 is 0. The molecule has 1 unspecified atom stereocenters. The molecule has 18 heavy (non-hydrogen) atoms. The van der Waals surface area contributed by atoms with Gasteiger partial charge in [0.15, 0.2) is 0 Å². The predicted octanol–water partition coefficient (Wildman–Crippen LogP) is 1.04. The van der Waals surface area contributed by atoms with E-state index in [9.17, 15) is 9.59 Å². The molecule has 2 amide bonds. The SMILES string of the molecule is CCC(C)(NC(=O)N(C)CCCCCO)C(=O)O. The van der Waals surface area contributed by atoms with Crippen molar-refractivity contribution in [1.29, 1.82) is 0 Å². The summed E-state index contributed by atoms with van der Waals surface area (Å²) in [7, 11) is 1.63. The number of carbonyl (C=O) groups is 2. The highest BCUT2D eigenvalue weighted by Crippen LogP contribution is 2.10. The number of hydrogen-bond donors (Lipinski definition) is 3. The molecule has 6 nitrogen and oxygen atoms in total. The van der Waals surface area contributed by atoms with Gasteiger partial charge in [0.2, 0.25) is 0 Å². The summed E-state index contributed by atoms with van der Waals surface area (Å²) in [4.78, 5) is 24.3. The van der Waals surface area contributed by atoms with Gasteiger partial charge in [0, 0.05) is 20.2 Å². The molecule has 0 aromatic heterocycles. The average Bonchev–Trinajstić information content (AvgIpc) is 2.33. The normalized spacial score (nSPS) is 13.8. The van der Waals surface area contributed by atoms with Gasteiger partial charge in [0.05, 0.1) is 0 Å². The minimum atomic E-state index is -1.23. The summed E-state index contributed by atoms with van der Waals surface area (Å²) in [6.45, 7) is 3.91. The molecule has 0 heterocycles. The van der Waals surface area contributed by atoms with E-state index in [0.717, 1.165) is 19.3 Å². The summed E-state index contributed by atoms with van der Waals surface area (Å²) in [5.74, 6) is -1.04. The molecular weight excluding hydrogens is 236 g/mol. The first kappa shape index (κ1) is 16.7. The number of unbranched alkanes of at least 4 members (excludes halogenated alkanes) is 2. The monoisotopic (exact) mass is 260 g/mol. The molecule has 1 atom stereocenters. The van der Waals surface area contributed by atoms with Crippen LogP contribution in [0.15, 0.2) is 0 Å². The number of rotatable bonds is 8. The number of carbonyl (C=O) groups excluding carboxylic acids is 1. The highest BCUT2D eigenvalue weighted by molar-refractivity contribution is 5.85. The number of aliphatic hydroxyl groups is 1. The number of nitrogens with one attached hydrogen (secondary N) is 1. The van der Waals surface area contributed by atoms with Crippen LogP contribution in [0.3, 0.4) is 0 Å². The number of hydrogen-bond acceptors (Lipinski definition) is 3. The molecule has 3 N–H and O–H groups in total. The summed E-state index contributed by atoms with van der Waals surface area (Å²) in [6, 6.07) is -0.384. The molecule has 0 spiro atoms. The van der Waals surface area contributed by atoms with Gasteiger partial charge in [-0.15, -0.1) is 0 Å². The van der Waals surface area contributed by atoms with Gasteiger partial charge in [-0.3, -0.25) is 0 Å². The van der Waals surface area contributed by atoms with Crippen LogP contribution in [0.1, 0.15) is 39.5 Å². The molecule has 0 rings (SSSR count). The first-order valence-electron chi connectivity index (χ1n) is 6.25. The molecule has 0 aromatic rings. The average molecular weight is 260 g/mol. The van der Waals surface area contributed by atoms with Crippen molar-refractivity contribution in [3.63, 3.8) is 0 Å². The van der Waals surface area contributed by atoms with Crippen molar-refractivity contribution in [2.75, 3.05) is 20.2 Å². The van der Waals surface area contributed by atoms with Gasteiger partial charge in [-0.25, -0.2) is 9.59 Å². The van der Waals surface area contributed by atoms with Crippen molar-refractivity contribution in [1.82, 2.24) is 10.2 Å². The first-order valence-corrected chi connectivity index (χ1v) is 6.25. The third-order valence-corrected chi connectivity index (χ3v) is 3.06. The number of amides is 2. The minimum Gasteiger partial charge on any atom is -0.480 e. The quantitative estimate of drug-likeness (QED) is 0.569. The molecule has 0 fully saturated rings. The lowest BCUT2D eigenvalue weighted by Crippen LogP contribution is -2.55. The smallest absolute Gasteiger partial charge is 0.329 e. The van der Waals surface area contributed by atoms with Crippen molar-refractivity contribution < 1.29 is 19.8 Å². The molecule has 6 heteroatoms. The molecule has 0 radical (unpaired) electrons.